The number of benzene rings is 1. The second-order valence-electron chi connectivity index (χ2n) is 4.21. The largest absolute Gasteiger partial charge is 0.305 e. The molecule has 0 amide bonds. The van der Waals surface area contributed by atoms with E-state index in [0.717, 1.165) is 17.4 Å². The van der Waals surface area contributed by atoms with Crippen LogP contribution in [0.5, 0.6) is 0 Å². The summed E-state index contributed by atoms with van der Waals surface area (Å²) >= 11 is 17.3. The van der Waals surface area contributed by atoms with E-state index in [2.05, 4.69) is 39.6 Å². The van der Waals surface area contributed by atoms with E-state index in [1.165, 1.54) is 10.4 Å². The number of hydrogen-bond acceptors (Lipinski definition) is 2. The molecule has 0 fully saturated rings. The zero-order valence-corrected chi connectivity index (χ0v) is 14.3. The molecule has 102 valence electrons. The Morgan fingerprint density at radius 2 is 2.05 bits per heavy atom. The van der Waals surface area contributed by atoms with Crippen LogP contribution in [0.2, 0.25) is 10.0 Å². The first-order valence-electron chi connectivity index (χ1n) is 6.02. The van der Waals surface area contributed by atoms with Gasteiger partial charge in [0.05, 0.1) is 10.0 Å². The quantitative estimate of drug-likeness (QED) is 0.666. The lowest BCUT2D eigenvalue weighted by Crippen LogP contribution is -2.19. The van der Waals surface area contributed by atoms with E-state index < -0.39 is 0 Å². The highest BCUT2D eigenvalue weighted by molar-refractivity contribution is 9.10. The molecular weight excluding hydrogens is 365 g/mol. The van der Waals surface area contributed by atoms with E-state index in [9.17, 15) is 0 Å². The Morgan fingerprint density at radius 1 is 1.26 bits per heavy atom. The summed E-state index contributed by atoms with van der Waals surface area (Å²) in [5, 5.41) is 6.85. The molecule has 1 aromatic heterocycles. The Bertz CT molecular complexity index is 556. The van der Waals surface area contributed by atoms with Crippen molar-refractivity contribution in [2.24, 2.45) is 0 Å². The van der Waals surface area contributed by atoms with Gasteiger partial charge in [0.1, 0.15) is 0 Å². The van der Waals surface area contributed by atoms with Crippen LogP contribution in [0.3, 0.4) is 0 Å². The molecule has 0 bridgehead atoms. The Hall–Kier alpha value is -0.0600. The van der Waals surface area contributed by atoms with Gasteiger partial charge in [-0.05, 0) is 51.5 Å². The van der Waals surface area contributed by atoms with E-state index in [1.807, 2.05) is 18.2 Å². The number of halogens is 3. The maximum atomic E-state index is 6.07. The van der Waals surface area contributed by atoms with Crippen LogP contribution in [0.15, 0.2) is 34.1 Å². The molecule has 0 aliphatic rings. The third-order valence-electron chi connectivity index (χ3n) is 2.95. The summed E-state index contributed by atoms with van der Waals surface area (Å²) in [5.74, 6) is 0. The summed E-state index contributed by atoms with van der Waals surface area (Å²) in [4.78, 5) is 1.30. The average molecular weight is 379 g/mol. The fourth-order valence-electron chi connectivity index (χ4n) is 1.89. The topological polar surface area (TPSA) is 12.0 Å². The van der Waals surface area contributed by atoms with Crippen molar-refractivity contribution >= 4 is 50.5 Å². The standard InChI is InChI=1S/C14H14BrCl2NS/c1-2-13(9-3-4-11(16)12(17)7-9)18-8-14-10(15)5-6-19-14/h3-7,13,18H,2,8H2,1H3. The minimum absolute atomic E-state index is 0.281. The predicted molar refractivity (Wildman–Crippen MR) is 88.4 cm³/mol. The number of thiophene rings is 1. The van der Waals surface area contributed by atoms with Gasteiger partial charge in [0.15, 0.2) is 0 Å². The van der Waals surface area contributed by atoms with Crippen LogP contribution in [-0.4, -0.2) is 0 Å². The highest BCUT2D eigenvalue weighted by Gasteiger charge is 2.11. The molecule has 1 aromatic carbocycles. The molecule has 1 atom stereocenters. The van der Waals surface area contributed by atoms with Crippen LogP contribution < -0.4 is 5.32 Å². The summed E-state index contributed by atoms with van der Waals surface area (Å²) in [7, 11) is 0. The molecule has 2 aromatic rings. The second kappa shape index (κ2) is 7.09. The third-order valence-corrected chi connectivity index (χ3v) is 5.62. The Morgan fingerprint density at radius 3 is 2.63 bits per heavy atom. The zero-order chi connectivity index (χ0) is 13.8. The normalized spacial score (nSPS) is 12.6. The van der Waals surface area contributed by atoms with Crippen molar-refractivity contribution in [3.63, 3.8) is 0 Å². The van der Waals surface area contributed by atoms with Crippen LogP contribution >= 0.6 is 50.5 Å². The second-order valence-corrected chi connectivity index (χ2v) is 6.88. The minimum Gasteiger partial charge on any atom is -0.305 e. The highest BCUT2D eigenvalue weighted by atomic mass is 79.9. The van der Waals surface area contributed by atoms with E-state index in [1.54, 1.807) is 11.3 Å². The van der Waals surface area contributed by atoms with Crippen molar-refractivity contribution in [1.82, 2.24) is 5.32 Å². The van der Waals surface area contributed by atoms with Crippen molar-refractivity contribution in [3.8, 4) is 0 Å². The molecular formula is C14H14BrCl2NS. The molecule has 1 heterocycles. The Labute approximate surface area is 136 Å². The van der Waals surface area contributed by atoms with Crippen LogP contribution in [0.1, 0.15) is 29.8 Å². The number of hydrogen-bond donors (Lipinski definition) is 1. The van der Waals surface area contributed by atoms with Gasteiger partial charge in [0.2, 0.25) is 0 Å². The van der Waals surface area contributed by atoms with E-state index in [4.69, 9.17) is 23.2 Å². The van der Waals surface area contributed by atoms with Crippen LogP contribution in [0.25, 0.3) is 0 Å². The summed E-state index contributed by atoms with van der Waals surface area (Å²) < 4.78 is 1.16. The zero-order valence-electron chi connectivity index (χ0n) is 10.4. The molecule has 1 nitrogen and oxygen atoms in total. The van der Waals surface area contributed by atoms with Gasteiger partial charge < -0.3 is 5.32 Å². The Kier molecular flexibility index (Phi) is 5.72. The number of rotatable bonds is 5. The van der Waals surface area contributed by atoms with Crippen molar-refractivity contribution in [2.45, 2.75) is 25.9 Å². The van der Waals surface area contributed by atoms with Gasteiger partial charge in [-0.3, -0.25) is 0 Å². The Balaban J connectivity index is 2.07. The third kappa shape index (κ3) is 3.96. The predicted octanol–water partition coefficient (Wildman–Crippen LogP) is 6.06. The smallest absolute Gasteiger partial charge is 0.0595 e. The van der Waals surface area contributed by atoms with E-state index in [-0.39, 0.29) is 6.04 Å². The summed E-state index contributed by atoms with van der Waals surface area (Å²) in [6.45, 7) is 3.00. The molecule has 5 heteroatoms. The molecule has 0 saturated carbocycles. The van der Waals surface area contributed by atoms with E-state index >= 15 is 0 Å². The van der Waals surface area contributed by atoms with Gasteiger partial charge in [-0.2, -0.15) is 0 Å². The first-order chi connectivity index (χ1) is 9.11. The first kappa shape index (κ1) is 15.3. The van der Waals surface area contributed by atoms with Crippen LogP contribution in [0.4, 0.5) is 0 Å². The monoisotopic (exact) mass is 377 g/mol. The lowest BCUT2D eigenvalue weighted by Gasteiger charge is -2.17. The van der Waals surface area contributed by atoms with Gasteiger partial charge in [-0.1, -0.05) is 36.2 Å². The van der Waals surface area contributed by atoms with Gasteiger partial charge in [0, 0.05) is 21.9 Å². The minimum atomic E-state index is 0.281. The van der Waals surface area contributed by atoms with E-state index in [0.29, 0.717) is 10.0 Å². The lowest BCUT2D eigenvalue weighted by molar-refractivity contribution is 0.521. The first-order valence-corrected chi connectivity index (χ1v) is 8.45. The van der Waals surface area contributed by atoms with Crippen LogP contribution in [0, 0.1) is 0 Å². The SMILES string of the molecule is CCC(NCc1sccc1Br)c1ccc(Cl)c(Cl)c1. The van der Waals surface area contributed by atoms with Crippen molar-refractivity contribution < 1.29 is 0 Å². The molecule has 19 heavy (non-hydrogen) atoms. The van der Waals surface area contributed by atoms with Gasteiger partial charge in [0.25, 0.3) is 0 Å². The van der Waals surface area contributed by atoms with Gasteiger partial charge >= 0.3 is 0 Å². The molecule has 1 N–H and O–H groups in total. The summed E-state index contributed by atoms with van der Waals surface area (Å²) in [5.41, 5.74) is 1.17. The molecule has 2 rings (SSSR count). The van der Waals surface area contributed by atoms with Gasteiger partial charge in [-0.25, -0.2) is 0 Å². The van der Waals surface area contributed by atoms with Crippen LogP contribution in [-0.2, 0) is 6.54 Å². The fourth-order valence-corrected chi connectivity index (χ4v) is 3.64. The molecule has 1 unspecified atom stereocenters. The summed E-state index contributed by atoms with van der Waals surface area (Å²) in [6.07, 6.45) is 1.00. The van der Waals surface area contributed by atoms with Crippen molar-refractivity contribution in [1.29, 1.82) is 0 Å². The molecule has 0 spiro atoms. The van der Waals surface area contributed by atoms with Gasteiger partial charge in [-0.15, -0.1) is 11.3 Å². The number of nitrogens with one attached hydrogen (secondary N) is 1. The lowest BCUT2D eigenvalue weighted by atomic mass is 10.0. The maximum Gasteiger partial charge on any atom is 0.0595 e. The van der Waals surface area contributed by atoms with Crippen molar-refractivity contribution in [2.75, 3.05) is 0 Å². The highest BCUT2D eigenvalue weighted by Crippen LogP contribution is 2.28. The summed E-state index contributed by atoms with van der Waals surface area (Å²) in [6, 6.07) is 8.17. The maximum absolute atomic E-state index is 6.07. The van der Waals surface area contributed by atoms with Crippen molar-refractivity contribution in [3.05, 3.63) is 54.6 Å². The fraction of sp³-hybridized carbons (Fsp3) is 0.286. The molecule has 0 saturated heterocycles. The molecule has 0 aliphatic heterocycles. The molecule has 0 aliphatic carbocycles. The average Bonchev–Trinajstić information content (AvgIpc) is 2.80. The molecule has 0 radical (unpaired) electrons.